The van der Waals surface area contributed by atoms with Crippen LogP contribution in [0.1, 0.15) is 22.5 Å². The van der Waals surface area contributed by atoms with E-state index in [2.05, 4.69) is 27.5 Å². The molecule has 5 nitrogen and oxygen atoms in total. The predicted molar refractivity (Wildman–Crippen MR) is 119 cm³/mol. The van der Waals surface area contributed by atoms with Gasteiger partial charge < -0.3 is 15.6 Å². The summed E-state index contributed by atoms with van der Waals surface area (Å²) in [6.07, 6.45) is 1.73. The van der Waals surface area contributed by atoms with Crippen LogP contribution in [0.15, 0.2) is 66.7 Å². The van der Waals surface area contributed by atoms with Crippen molar-refractivity contribution in [2.45, 2.75) is 26.7 Å². The fourth-order valence-electron chi connectivity index (χ4n) is 3.25. The molecule has 0 aliphatic heterocycles. The average Bonchev–Trinajstić information content (AvgIpc) is 3.13. The SMILES string of the molecule is Cc1ccc(NC(=O)Nc2ccc(CCc3nc4ccccc4[nH]3)cc2)cc1C. The molecule has 3 aromatic carbocycles. The molecule has 29 heavy (non-hydrogen) atoms. The summed E-state index contributed by atoms with van der Waals surface area (Å²) in [4.78, 5) is 20.2. The molecular formula is C24H24N4O. The third-order valence-electron chi connectivity index (χ3n) is 5.07. The van der Waals surface area contributed by atoms with Gasteiger partial charge in [-0.1, -0.05) is 30.3 Å². The fraction of sp³-hybridized carbons (Fsp3) is 0.167. The summed E-state index contributed by atoms with van der Waals surface area (Å²) in [5.41, 5.74) is 7.16. The van der Waals surface area contributed by atoms with E-state index in [1.54, 1.807) is 0 Å². The van der Waals surface area contributed by atoms with Gasteiger partial charge in [0.25, 0.3) is 0 Å². The van der Waals surface area contributed by atoms with Crippen molar-refractivity contribution in [2.24, 2.45) is 0 Å². The van der Waals surface area contributed by atoms with Crippen LogP contribution in [0.25, 0.3) is 11.0 Å². The van der Waals surface area contributed by atoms with E-state index in [1.807, 2.05) is 73.7 Å². The normalized spacial score (nSPS) is 10.8. The Kier molecular flexibility index (Phi) is 5.29. The van der Waals surface area contributed by atoms with Gasteiger partial charge in [0, 0.05) is 17.8 Å². The van der Waals surface area contributed by atoms with Gasteiger partial charge in [-0.25, -0.2) is 9.78 Å². The Morgan fingerprint density at radius 2 is 1.59 bits per heavy atom. The molecule has 146 valence electrons. The topological polar surface area (TPSA) is 69.8 Å². The smallest absolute Gasteiger partial charge is 0.323 e. The van der Waals surface area contributed by atoms with Gasteiger partial charge in [0.15, 0.2) is 0 Å². The van der Waals surface area contributed by atoms with E-state index < -0.39 is 0 Å². The van der Waals surface area contributed by atoms with Crippen LogP contribution in [0.4, 0.5) is 16.2 Å². The van der Waals surface area contributed by atoms with Crippen LogP contribution in [0.3, 0.4) is 0 Å². The third kappa shape index (κ3) is 4.63. The minimum atomic E-state index is -0.247. The molecule has 1 aromatic heterocycles. The first-order chi connectivity index (χ1) is 14.1. The van der Waals surface area contributed by atoms with Crippen molar-refractivity contribution >= 4 is 28.4 Å². The van der Waals surface area contributed by atoms with Crippen molar-refractivity contribution in [3.8, 4) is 0 Å². The van der Waals surface area contributed by atoms with Crippen molar-refractivity contribution in [3.63, 3.8) is 0 Å². The van der Waals surface area contributed by atoms with Gasteiger partial charge in [-0.2, -0.15) is 0 Å². The summed E-state index contributed by atoms with van der Waals surface area (Å²) in [6, 6.07) is 21.6. The number of carbonyl (C=O) groups is 1. The molecule has 0 fully saturated rings. The highest BCUT2D eigenvalue weighted by Gasteiger charge is 2.05. The summed E-state index contributed by atoms with van der Waals surface area (Å²) in [5, 5.41) is 5.74. The van der Waals surface area contributed by atoms with E-state index in [0.29, 0.717) is 0 Å². The van der Waals surface area contributed by atoms with Crippen LogP contribution < -0.4 is 10.6 Å². The zero-order valence-electron chi connectivity index (χ0n) is 16.6. The van der Waals surface area contributed by atoms with E-state index in [0.717, 1.165) is 46.6 Å². The molecular weight excluding hydrogens is 360 g/mol. The molecule has 0 saturated carbocycles. The highest BCUT2D eigenvalue weighted by molar-refractivity contribution is 5.99. The molecule has 0 aliphatic carbocycles. The first-order valence-corrected chi connectivity index (χ1v) is 9.75. The predicted octanol–water partition coefficient (Wildman–Crippen LogP) is 5.61. The number of fused-ring (bicyclic) bond motifs is 1. The number of carbonyl (C=O) groups excluding carboxylic acids is 1. The molecule has 0 atom stereocenters. The second-order valence-electron chi connectivity index (χ2n) is 7.28. The van der Waals surface area contributed by atoms with Crippen LogP contribution in [-0.2, 0) is 12.8 Å². The molecule has 0 aliphatic rings. The average molecular weight is 384 g/mol. The van der Waals surface area contributed by atoms with Crippen molar-refractivity contribution in [3.05, 3.63) is 89.2 Å². The number of nitrogens with one attached hydrogen (secondary N) is 3. The number of urea groups is 1. The monoisotopic (exact) mass is 384 g/mol. The summed E-state index contributed by atoms with van der Waals surface area (Å²) in [5.74, 6) is 0.987. The van der Waals surface area contributed by atoms with Gasteiger partial charge in [0.1, 0.15) is 5.82 Å². The number of anilines is 2. The van der Waals surface area contributed by atoms with Crippen LogP contribution in [0.2, 0.25) is 0 Å². The standard InChI is InChI=1S/C24H24N4O/c1-16-7-11-20(15-17(16)2)26-24(29)25-19-12-8-18(9-13-19)10-14-23-27-21-5-3-4-6-22(21)28-23/h3-9,11-13,15H,10,14H2,1-2H3,(H,27,28)(H2,25,26,29). The van der Waals surface area contributed by atoms with Crippen molar-refractivity contribution in [1.82, 2.24) is 9.97 Å². The maximum absolute atomic E-state index is 12.2. The van der Waals surface area contributed by atoms with E-state index in [9.17, 15) is 4.79 Å². The molecule has 0 unspecified atom stereocenters. The Morgan fingerprint density at radius 1 is 0.862 bits per heavy atom. The number of aromatic amines is 1. The number of amides is 2. The lowest BCUT2D eigenvalue weighted by Gasteiger charge is -2.10. The van der Waals surface area contributed by atoms with Crippen molar-refractivity contribution in [2.75, 3.05) is 10.6 Å². The molecule has 4 aromatic rings. The van der Waals surface area contributed by atoms with Gasteiger partial charge in [-0.3, -0.25) is 0 Å². The number of imidazole rings is 1. The Bertz CT molecular complexity index is 1110. The Labute approximate surface area is 170 Å². The Hall–Kier alpha value is -3.60. The molecule has 1 heterocycles. The summed E-state index contributed by atoms with van der Waals surface area (Å²) in [7, 11) is 0. The lowest BCUT2D eigenvalue weighted by Crippen LogP contribution is -2.19. The van der Waals surface area contributed by atoms with E-state index in [4.69, 9.17) is 0 Å². The number of hydrogen-bond donors (Lipinski definition) is 3. The van der Waals surface area contributed by atoms with Crippen LogP contribution >= 0.6 is 0 Å². The van der Waals surface area contributed by atoms with Crippen molar-refractivity contribution in [1.29, 1.82) is 0 Å². The van der Waals surface area contributed by atoms with Gasteiger partial charge in [0.05, 0.1) is 11.0 Å². The Morgan fingerprint density at radius 3 is 2.34 bits per heavy atom. The zero-order valence-corrected chi connectivity index (χ0v) is 16.6. The molecule has 5 heteroatoms. The molecule has 4 rings (SSSR count). The first kappa shape index (κ1) is 18.7. The zero-order chi connectivity index (χ0) is 20.2. The lowest BCUT2D eigenvalue weighted by atomic mass is 10.1. The third-order valence-corrected chi connectivity index (χ3v) is 5.07. The molecule has 0 saturated heterocycles. The van der Waals surface area contributed by atoms with E-state index in [1.165, 1.54) is 11.1 Å². The quantitative estimate of drug-likeness (QED) is 0.419. The van der Waals surface area contributed by atoms with Crippen LogP contribution in [0.5, 0.6) is 0 Å². The van der Waals surface area contributed by atoms with Gasteiger partial charge in [-0.15, -0.1) is 0 Å². The highest BCUT2D eigenvalue weighted by atomic mass is 16.2. The number of nitrogens with zero attached hydrogens (tertiary/aromatic N) is 1. The second kappa shape index (κ2) is 8.19. The first-order valence-electron chi connectivity index (χ1n) is 9.75. The second-order valence-corrected chi connectivity index (χ2v) is 7.28. The Balaban J connectivity index is 1.32. The largest absolute Gasteiger partial charge is 0.342 e. The maximum atomic E-state index is 12.2. The number of aryl methyl sites for hydroxylation is 4. The summed E-state index contributed by atoms with van der Waals surface area (Å²) in [6.45, 7) is 4.08. The van der Waals surface area contributed by atoms with Crippen LogP contribution in [-0.4, -0.2) is 16.0 Å². The molecule has 0 radical (unpaired) electrons. The van der Waals surface area contributed by atoms with Gasteiger partial charge in [-0.05, 0) is 73.4 Å². The number of hydrogen-bond acceptors (Lipinski definition) is 2. The number of aromatic nitrogens is 2. The molecule has 0 spiro atoms. The van der Waals surface area contributed by atoms with Crippen LogP contribution in [0, 0.1) is 13.8 Å². The van der Waals surface area contributed by atoms with Gasteiger partial charge >= 0.3 is 6.03 Å². The molecule has 2 amide bonds. The van der Waals surface area contributed by atoms with Gasteiger partial charge in [0.2, 0.25) is 0 Å². The van der Waals surface area contributed by atoms with Crippen molar-refractivity contribution < 1.29 is 4.79 Å². The lowest BCUT2D eigenvalue weighted by molar-refractivity contribution is 0.262. The minimum absolute atomic E-state index is 0.247. The molecule has 0 bridgehead atoms. The summed E-state index contributed by atoms with van der Waals surface area (Å²) >= 11 is 0. The number of benzene rings is 3. The number of rotatable bonds is 5. The summed E-state index contributed by atoms with van der Waals surface area (Å²) < 4.78 is 0. The number of para-hydroxylation sites is 2. The maximum Gasteiger partial charge on any atom is 0.323 e. The number of H-pyrrole nitrogens is 1. The fourth-order valence-corrected chi connectivity index (χ4v) is 3.25. The van der Waals surface area contributed by atoms with E-state index in [-0.39, 0.29) is 6.03 Å². The highest BCUT2D eigenvalue weighted by Crippen LogP contribution is 2.16. The minimum Gasteiger partial charge on any atom is -0.342 e. The van der Waals surface area contributed by atoms with E-state index >= 15 is 0 Å². The molecule has 3 N–H and O–H groups in total.